The highest BCUT2D eigenvalue weighted by atomic mass is 127. The lowest BCUT2D eigenvalue weighted by Gasteiger charge is -2.27. The normalized spacial score (nSPS) is 17.0. The van der Waals surface area contributed by atoms with E-state index in [-0.39, 0.29) is 0 Å². The smallest absolute Gasteiger partial charge is 0.145 e. The minimum absolute atomic E-state index is 0.415. The summed E-state index contributed by atoms with van der Waals surface area (Å²) in [4.78, 5) is 0. The van der Waals surface area contributed by atoms with Gasteiger partial charge in [0.05, 0.1) is 17.8 Å². The molecule has 0 saturated carbocycles. The van der Waals surface area contributed by atoms with Crippen LogP contribution in [-0.4, -0.2) is 12.2 Å². The van der Waals surface area contributed by atoms with E-state index in [0.29, 0.717) is 11.7 Å². The molecule has 1 aliphatic rings. The van der Waals surface area contributed by atoms with E-state index in [2.05, 4.69) is 86.0 Å². The third kappa shape index (κ3) is 3.75. The molecule has 0 aromatic heterocycles. The number of rotatable bonds is 3. The molecule has 0 aliphatic heterocycles. The number of methoxy groups -OCH3 is 1. The van der Waals surface area contributed by atoms with Crippen molar-refractivity contribution in [2.24, 2.45) is 0 Å². The van der Waals surface area contributed by atoms with Crippen LogP contribution in [0.25, 0.3) is 0 Å². The fourth-order valence-electron chi connectivity index (χ4n) is 3.36. The molecule has 2 aromatic carbocycles. The fourth-order valence-corrected chi connectivity index (χ4v) is 6.46. The van der Waals surface area contributed by atoms with E-state index in [9.17, 15) is 5.11 Å². The highest BCUT2D eigenvalue weighted by Crippen LogP contribution is 2.40. The Hall–Kier alpha value is 0.230. The summed E-state index contributed by atoms with van der Waals surface area (Å²) < 4.78 is 8.83. The molecular formula is C18H17I3O2. The van der Waals surface area contributed by atoms with Crippen molar-refractivity contribution in [3.8, 4) is 11.5 Å². The largest absolute Gasteiger partial charge is 0.507 e. The van der Waals surface area contributed by atoms with Crippen LogP contribution in [0.4, 0.5) is 0 Å². The molecule has 1 N–H and O–H groups in total. The number of phenolic OH excluding ortho intramolecular Hbond substituents is 1. The third-order valence-electron chi connectivity index (χ3n) is 4.42. The summed E-state index contributed by atoms with van der Waals surface area (Å²) in [5.74, 6) is 1.92. The van der Waals surface area contributed by atoms with Crippen molar-refractivity contribution in [3.63, 3.8) is 0 Å². The maximum Gasteiger partial charge on any atom is 0.145 e. The van der Waals surface area contributed by atoms with Crippen molar-refractivity contribution in [2.75, 3.05) is 7.11 Å². The molecule has 2 nitrogen and oxygen atoms in total. The summed E-state index contributed by atoms with van der Waals surface area (Å²) >= 11 is 6.98. The fraction of sp³-hybridized carbons (Fsp3) is 0.333. The Labute approximate surface area is 177 Å². The molecule has 2 aromatic rings. The summed E-state index contributed by atoms with van der Waals surface area (Å²) in [6, 6.07) is 8.44. The number of fused-ring (bicyclic) bond motifs is 1. The lowest BCUT2D eigenvalue weighted by atomic mass is 9.79. The van der Waals surface area contributed by atoms with E-state index < -0.39 is 0 Å². The molecular weight excluding hydrogens is 629 g/mol. The first-order valence-electron chi connectivity index (χ1n) is 7.53. The Morgan fingerprint density at radius 2 is 1.87 bits per heavy atom. The Kier molecular flexibility index (Phi) is 5.99. The maximum atomic E-state index is 9.96. The quantitative estimate of drug-likeness (QED) is 0.423. The number of hydrogen-bond acceptors (Lipinski definition) is 2. The molecule has 0 amide bonds. The van der Waals surface area contributed by atoms with Gasteiger partial charge in [-0.15, -0.1) is 0 Å². The number of hydrogen-bond donors (Lipinski definition) is 1. The Balaban J connectivity index is 1.93. The van der Waals surface area contributed by atoms with Gasteiger partial charge in [0.25, 0.3) is 0 Å². The Morgan fingerprint density at radius 3 is 2.52 bits per heavy atom. The monoisotopic (exact) mass is 646 g/mol. The first-order valence-corrected chi connectivity index (χ1v) is 10.8. The summed E-state index contributed by atoms with van der Waals surface area (Å²) in [6.45, 7) is 0. The predicted octanol–water partition coefficient (Wildman–Crippen LogP) is 5.88. The molecule has 0 fully saturated rings. The molecule has 1 atom stereocenters. The zero-order chi connectivity index (χ0) is 16.6. The SMILES string of the molecule is COc1c(I)cc(CC2CCCc3c2ccc(O)c3I)cc1I. The summed E-state index contributed by atoms with van der Waals surface area (Å²) in [5.41, 5.74) is 4.12. The second-order valence-corrected chi connectivity index (χ2v) is 9.26. The topological polar surface area (TPSA) is 29.5 Å². The first-order chi connectivity index (χ1) is 11.0. The molecule has 0 radical (unpaired) electrons. The van der Waals surface area contributed by atoms with E-state index in [0.717, 1.165) is 22.2 Å². The minimum atomic E-state index is 0.415. The van der Waals surface area contributed by atoms with E-state index in [1.54, 1.807) is 7.11 Å². The molecule has 1 unspecified atom stereocenters. The van der Waals surface area contributed by atoms with E-state index >= 15 is 0 Å². The summed E-state index contributed by atoms with van der Waals surface area (Å²) in [5, 5.41) is 9.96. The third-order valence-corrected chi connectivity index (χ3v) is 7.23. The zero-order valence-electron chi connectivity index (χ0n) is 12.7. The van der Waals surface area contributed by atoms with Gasteiger partial charge in [0.2, 0.25) is 0 Å². The maximum absolute atomic E-state index is 9.96. The number of benzene rings is 2. The molecule has 0 spiro atoms. The lowest BCUT2D eigenvalue weighted by molar-refractivity contribution is 0.408. The van der Waals surface area contributed by atoms with Gasteiger partial charge in [0, 0.05) is 0 Å². The van der Waals surface area contributed by atoms with Crippen molar-refractivity contribution in [2.45, 2.75) is 31.6 Å². The first kappa shape index (κ1) is 18.0. The van der Waals surface area contributed by atoms with Gasteiger partial charge in [-0.05, 0) is 134 Å². The van der Waals surface area contributed by atoms with Gasteiger partial charge in [0.1, 0.15) is 11.5 Å². The van der Waals surface area contributed by atoms with Crippen LogP contribution in [0.1, 0.15) is 35.4 Å². The summed E-state index contributed by atoms with van der Waals surface area (Å²) in [6.07, 6.45) is 4.54. The van der Waals surface area contributed by atoms with Crippen molar-refractivity contribution in [1.29, 1.82) is 0 Å². The summed E-state index contributed by atoms with van der Waals surface area (Å²) in [7, 11) is 1.73. The molecule has 3 rings (SSSR count). The molecule has 23 heavy (non-hydrogen) atoms. The zero-order valence-corrected chi connectivity index (χ0v) is 19.2. The van der Waals surface area contributed by atoms with Gasteiger partial charge in [-0.1, -0.05) is 6.07 Å². The van der Waals surface area contributed by atoms with Crippen LogP contribution < -0.4 is 4.74 Å². The van der Waals surface area contributed by atoms with Crippen LogP contribution in [-0.2, 0) is 12.8 Å². The molecule has 0 saturated heterocycles. The van der Waals surface area contributed by atoms with Crippen molar-refractivity contribution in [3.05, 3.63) is 51.7 Å². The second kappa shape index (κ2) is 7.63. The number of aromatic hydroxyl groups is 1. The average molecular weight is 646 g/mol. The predicted molar refractivity (Wildman–Crippen MR) is 119 cm³/mol. The highest BCUT2D eigenvalue weighted by Gasteiger charge is 2.24. The van der Waals surface area contributed by atoms with Crippen molar-refractivity contribution in [1.82, 2.24) is 0 Å². The van der Waals surface area contributed by atoms with Crippen LogP contribution >= 0.6 is 67.8 Å². The van der Waals surface area contributed by atoms with Gasteiger partial charge in [-0.25, -0.2) is 0 Å². The van der Waals surface area contributed by atoms with Crippen LogP contribution in [0.5, 0.6) is 11.5 Å². The van der Waals surface area contributed by atoms with E-state index in [4.69, 9.17) is 4.74 Å². The molecule has 122 valence electrons. The van der Waals surface area contributed by atoms with Crippen LogP contribution in [0.2, 0.25) is 0 Å². The lowest BCUT2D eigenvalue weighted by Crippen LogP contribution is -2.13. The molecule has 0 heterocycles. The number of ether oxygens (including phenoxy) is 1. The second-order valence-electron chi connectivity index (χ2n) is 5.85. The minimum Gasteiger partial charge on any atom is -0.507 e. The van der Waals surface area contributed by atoms with Gasteiger partial charge < -0.3 is 9.84 Å². The van der Waals surface area contributed by atoms with Gasteiger partial charge in [-0.2, -0.15) is 0 Å². The Bertz CT molecular complexity index is 720. The van der Waals surface area contributed by atoms with Crippen LogP contribution in [0, 0.1) is 10.7 Å². The van der Waals surface area contributed by atoms with E-state index in [1.807, 2.05) is 6.07 Å². The Morgan fingerprint density at radius 1 is 1.17 bits per heavy atom. The highest BCUT2D eigenvalue weighted by molar-refractivity contribution is 14.1. The molecule has 5 heteroatoms. The van der Waals surface area contributed by atoms with Crippen molar-refractivity contribution >= 4 is 67.8 Å². The van der Waals surface area contributed by atoms with Crippen molar-refractivity contribution < 1.29 is 9.84 Å². The van der Waals surface area contributed by atoms with Crippen LogP contribution in [0.15, 0.2) is 24.3 Å². The van der Waals surface area contributed by atoms with Gasteiger partial charge >= 0.3 is 0 Å². The van der Waals surface area contributed by atoms with Crippen LogP contribution in [0.3, 0.4) is 0 Å². The number of halogens is 3. The van der Waals surface area contributed by atoms with E-state index in [1.165, 1.54) is 36.7 Å². The molecule has 0 bridgehead atoms. The van der Waals surface area contributed by atoms with Gasteiger partial charge in [-0.3, -0.25) is 0 Å². The van der Waals surface area contributed by atoms with Gasteiger partial charge in [0.15, 0.2) is 0 Å². The average Bonchev–Trinajstić information content (AvgIpc) is 2.51. The standard InChI is InChI=1S/C18H17I3O2/c1-23-18-14(19)8-10(9-15(18)20)7-11-3-2-4-13-12(11)5-6-16(22)17(13)21/h5-6,8-9,11,22H,2-4,7H2,1H3. The number of phenols is 1. The molecule has 1 aliphatic carbocycles.